The molecule has 5 nitrogen and oxygen atoms in total. The number of hydrogen-bond donors (Lipinski definition) is 2. The Morgan fingerprint density at radius 2 is 2.00 bits per heavy atom. The molecule has 106 valence electrons. The van der Waals surface area contributed by atoms with Crippen LogP contribution in [0.4, 0.5) is 5.69 Å². The van der Waals surface area contributed by atoms with Crippen LogP contribution in [0.15, 0.2) is 29.2 Å². The largest absolute Gasteiger partial charge is 0.399 e. The Kier molecular flexibility index (Phi) is 4.13. The van der Waals surface area contributed by atoms with Gasteiger partial charge in [0.25, 0.3) is 0 Å². The van der Waals surface area contributed by atoms with E-state index >= 15 is 0 Å². The third-order valence-electron chi connectivity index (χ3n) is 3.68. The molecule has 1 heterocycles. The molecule has 0 aromatic heterocycles. The quantitative estimate of drug-likeness (QED) is 0.813. The van der Waals surface area contributed by atoms with E-state index in [0.717, 1.165) is 0 Å². The number of rotatable bonds is 3. The van der Waals surface area contributed by atoms with Gasteiger partial charge in [-0.15, -0.1) is 0 Å². The zero-order chi connectivity index (χ0) is 14.0. The standard InChI is InChI=1S/C13H20N2O3S/c1-10(16)11-5-7-15(8-6-11)19(17,18)13-4-2-3-12(14)9-13/h2-4,9-11,16H,5-8,14H2,1H3. The second-order valence-electron chi connectivity index (χ2n) is 5.05. The van der Waals surface area contributed by atoms with Crippen molar-refractivity contribution in [2.24, 2.45) is 5.92 Å². The van der Waals surface area contributed by atoms with Crippen molar-refractivity contribution in [1.29, 1.82) is 0 Å². The zero-order valence-electron chi connectivity index (χ0n) is 11.0. The lowest BCUT2D eigenvalue weighted by molar-refractivity contribution is 0.0912. The van der Waals surface area contributed by atoms with Gasteiger partial charge in [0, 0.05) is 18.8 Å². The molecule has 19 heavy (non-hydrogen) atoms. The number of hydrogen-bond acceptors (Lipinski definition) is 4. The summed E-state index contributed by atoms with van der Waals surface area (Å²) in [5.41, 5.74) is 6.07. The Labute approximate surface area is 114 Å². The molecule has 0 bridgehead atoms. The van der Waals surface area contributed by atoms with Crippen molar-refractivity contribution in [1.82, 2.24) is 4.31 Å². The fourth-order valence-corrected chi connectivity index (χ4v) is 3.95. The number of sulfonamides is 1. The second kappa shape index (κ2) is 5.48. The summed E-state index contributed by atoms with van der Waals surface area (Å²) < 4.78 is 26.3. The predicted molar refractivity (Wildman–Crippen MR) is 74.0 cm³/mol. The Hall–Kier alpha value is -1.11. The maximum absolute atomic E-state index is 12.4. The third-order valence-corrected chi connectivity index (χ3v) is 5.57. The fourth-order valence-electron chi connectivity index (χ4n) is 2.42. The highest BCUT2D eigenvalue weighted by molar-refractivity contribution is 7.89. The van der Waals surface area contributed by atoms with Gasteiger partial charge in [-0.2, -0.15) is 4.31 Å². The van der Waals surface area contributed by atoms with E-state index in [-0.39, 0.29) is 16.9 Å². The molecule has 6 heteroatoms. The summed E-state index contributed by atoms with van der Waals surface area (Å²) in [6, 6.07) is 6.35. The van der Waals surface area contributed by atoms with Crippen LogP contribution in [0.3, 0.4) is 0 Å². The van der Waals surface area contributed by atoms with Crippen LogP contribution in [0.25, 0.3) is 0 Å². The van der Waals surface area contributed by atoms with Crippen molar-refractivity contribution in [2.75, 3.05) is 18.8 Å². The van der Waals surface area contributed by atoms with E-state index in [0.29, 0.717) is 31.6 Å². The number of anilines is 1. The Bertz CT molecular complexity index is 535. The molecule has 2 rings (SSSR count). The molecule has 1 aliphatic rings. The average Bonchev–Trinajstić information content (AvgIpc) is 2.39. The van der Waals surface area contributed by atoms with E-state index in [2.05, 4.69) is 0 Å². The summed E-state index contributed by atoms with van der Waals surface area (Å²) in [7, 11) is -3.46. The van der Waals surface area contributed by atoms with Crippen molar-refractivity contribution >= 4 is 15.7 Å². The van der Waals surface area contributed by atoms with E-state index < -0.39 is 10.0 Å². The third kappa shape index (κ3) is 3.08. The summed E-state index contributed by atoms with van der Waals surface area (Å²) in [4.78, 5) is 0.239. The van der Waals surface area contributed by atoms with Crippen LogP contribution in [0.2, 0.25) is 0 Å². The van der Waals surface area contributed by atoms with Crippen molar-refractivity contribution in [3.63, 3.8) is 0 Å². The van der Waals surface area contributed by atoms with Crippen LogP contribution in [-0.2, 0) is 10.0 Å². The number of nitrogens with two attached hydrogens (primary N) is 1. The van der Waals surface area contributed by atoms with Gasteiger partial charge in [-0.25, -0.2) is 8.42 Å². The van der Waals surface area contributed by atoms with Crippen LogP contribution in [-0.4, -0.2) is 37.0 Å². The minimum absolute atomic E-state index is 0.187. The molecule has 1 fully saturated rings. The SMILES string of the molecule is CC(O)C1CCN(S(=O)(=O)c2cccc(N)c2)CC1. The van der Waals surface area contributed by atoms with Gasteiger partial charge in [-0.1, -0.05) is 6.07 Å². The maximum atomic E-state index is 12.4. The van der Waals surface area contributed by atoms with Crippen LogP contribution in [0, 0.1) is 5.92 Å². The molecule has 0 saturated carbocycles. The highest BCUT2D eigenvalue weighted by Crippen LogP contribution is 2.26. The minimum atomic E-state index is -3.46. The van der Waals surface area contributed by atoms with E-state index in [1.54, 1.807) is 25.1 Å². The predicted octanol–water partition coefficient (Wildman–Crippen LogP) is 1.05. The highest BCUT2D eigenvalue weighted by Gasteiger charge is 2.30. The minimum Gasteiger partial charge on any atom is -0.399 e. The molecule has 0 radical (unpaired) electrons. The van der Waals surface area contributed by atoms with Crippen LogP contribution < -0.4 is 5.73 Å². The van der Waals surface area contributed by atoms with Crippen LogP contribution >= 0.6 is 0 Å². The maximum Gasteiger partial charge on any atom is 0.243 e. The summed E-state index contributed by atoms with van der Waals surface area (Å²) >= 11 is 0. The summed E-state index contributed by atoms with van der Waals surface area (Å²) in [5, 5.41) is 9.54. The first-order valence-corrected chi connectivity index (χ1v) is 7.89. The first kappa shape index (κ1) is 14.3. The summed E-state index contributed by atoms with van der Waals surface area (Å²) in [5.74, 6) is 0.187. The summed E-state index contributed by atoms with van der Waals surface area (Å²) in [6.45, 7) is 2.66. The van der Waals surface area contributed by atoms with E-state index in [1.165, 1.54) is 10.4 Å². The number of aliphatic hydroxyl groups excluding tert-OH is 1. The van der Waals surface area contributed by atoms with E-state index in [9.17, 15) is 13.5 Å². The topological polar surface area (TPSA) is 83.6 Å². The molecular weight excluding hydrogens is 264 g/mol. The lowest BCUT2D eigenvalue weighted by Crippen LogP contribution is -2.40. The van der Waals surface area contributed by atoms with Gasteiger partial charge < -0.3 is 10.8 Å². The molecule has 0 amide bonds. The van der Waals surface area contributed by atoms with Crippen molar-refractivity contribution in [3.8, 4) is 0 Å². The first-order chi connectivity index (χ1) is 8.91. The molecule has 3 N–H and O–H groups in total. The normalized spacial score (nSPS) is 20.3. The zero-order valence-corrected chi connectivity index (χ0v) is 11.8. The van der Waals surface area contributed by atoms with Gasteiger partial charge in [-0.05, 0) is 43.9 Å². The van der Waals surface area contributed by atoms with E-state index in [1.807, 2.05) is 0 Å². The number of nitrogens with zero attached hydrogens (tertiary/aromatic N) is 1. The van der Waals surface area contributed by atoms with Gasteiger partial charge in [0.05, 0.1) is 11.0 Å². The van der Waals surface area contributed by atoms with Crippen molar-refractivity contribution < 1.29 is 13.5 Å². The fraction of sp³-hybridized carbons (Fsp3) is 0.538. The lowest BCUT2D eigenvalue weighted by Gasteiger charge is -2.32. The molecule has 1 aliphatic heterocycles. The first-order valence-electron chi connectivity index (χ1n) is 6.45. The monoisotopic (exact) mass is 284 g/mol. The Morgan fingerprint density at radius 3 is 2.53 bits per heavy atom. The molecular formula is C13H20N2O3S. The van der Waals surface area contributed by atoms with E-state index in [4.69, 9.17) is 5.73 Å². The molecule has 1 saturated heterocycles. The summed E-state index contributed by atoms with van der Waals surface area (Å²) in [6.07, 6.45) is 1.01. The highest BCUT2D eigenvalue weighted by atomic mass is 32.2. The Morgan fingerprint density at radius 1 is 1.37 bits per heavy atom. The molecule has 1 aromatic rings. The van der Waals surface area contributed by atoms with Crippen LogP contribution in [0.5, 0.6) is 0 Å². The van der Waals surface area contributed by atoms with Crippen LogP contribution in [0.1, 0.15) is 19.8 Å². The number of nitrogen functional groups attached to an aromatic ring is 1. The molecule has 0 aliphatic carbocycles. The molecule has 1 unspecified atom stereocenters. The number of piperidine rings is 1. The van der Waals surface area contributed by atoms with Gasteiger partial charge >= 0.3 is 0 Å². The number of benzene rings is 1. The van der Waals surface area contributed by atoms with Crippen molar-refractivity contribution in [3.05, 3.63) is 24.3 Å². The van der Waals surface area contributed by atoms with Crippen molar-refractivity contribution in [2.45, 2.75) is 30.8 Å². The van der Waals surface area contributed by atoms with Gasteiger partial charge in [0.1, 0.15) is 0 Å². The van der Waals surface area contributed by atoms with Gasteiger partial charge in [0.2, 0.25) is 10.0 Å². The van der Waals surface area contributed by atoms with Gasteiger partial charge in [0.15, 0.2) is 0 Å². The molecule has 1 atom stereocenters. The number of aliphatic hydroxyl groups is 1. The smallest absolute Gasteiger partial charge is 0.243 e. The van der Waals surface area contributed by atoms with Gasteiger partial charge in [-0.3, -0.25) is 0 Å². The Balaban J connectivity index is 2.14. The molecule has 1 aromatic carbocycles. The second-order valence-corrected chi connectivity index (χ2v) is 6.99. The lowest BCUT2D eigenvalue weighted by atomic mass is 9.93. The average molecular weight is 284 g/mol. The molecule has 0 spiro atoms.